The van der Waals surface area contributed by atoms with Gasteiger partial charge >= 0.3 is 0 Å². The maximum Gasteiger partial charge on any atom is 0.254 e. The number of hydrogen-bond donors (Lipinski definition) is 1. The van der Waals surface area contributed by atoms with Gasteiger partial charge < -0.3 is 19.9 Å². The Morgan fingerprint density at radius 2 is 1.70 bits per heavy atom. The second-order valence-electron chi connectivity index (χ2n) is 8.58. The van der Waals surface area contributed by atoms with Crippen LogP contribution < -0.4 is 5.32 Å². The number of carbonyl (C=O) groups is 3. The zero-order valence-corrected chi connectivity index (χ0v) is 18.9. The first-order chi connectivity index (χ1) is 16.1. The van der Waals surface area contributed by atoms with Gasteiger partial charge in [-0.1, -0.05) is 36.4 Å². The summed E-state index contributed by atoms with van der Waals surface area (Å²) in [6, 6.07) is 17.2. The molecule has 2 aromatic carbocycles. The minimum Gasteiger partial charge on any atom is -0.368 e. The summed E-state index contributed by atoms with van der Waals surface area (Å²) in [5.74, 6) is -0.104. The van der Waals surface area contributed by atoms with E-state index in [1.54, 1.807) is 29.2 Å². The van der Waals surface area contributed by atoms with Gasteiger partial charge in [0.15, 0.2) is 0 Å². The van der Waals surface area contributed by atoms with E-state index in [2.05, 4.69) is 17.4 Å². The third-order valence-corrected chi connectivity index (χ3v) is 6.22. The van der Waals surface area contributed by atoms with Gasteiger partial charge in [-0.15, -0.1) is 0 Å². The fraction of sp³-hybridized carbons (Fsp3) is 0.423. The summed E-state index contributed by atoms with van der Waals surface area (Å²) in [4.78, 5) is 41.5. The summed E-state index contributed by atoms with van der Waals surface area (Å²) in [6.45, 7) is 2.72. The van der Waals surface area contributed by atoms with E-state index in [-0.39, 0.29) is 17.7 Å². The van der Waals surface area contributed by atoms with Crippen LogP contribution in [0.2, 0.25) is 0 Å². The van der Waals surface area contributed by atoms with Crippen LogP contribution in [0.4, 0.5) is 5.69 Å². The van der Waals surface area contributed by atoms with Gasteiger partial charge in [-0.05, 0) is 49.4 Å². The quantitative estimate of drug-likeness (QED) is 0.705. The summed E-state index contributed by atoms with van der Waals surface area (Å²) in [5, 5.41) is 2.85. The maximum atomic E-state index is 13.0. The second-order valence-corrected chi connectivity index (χ2v) is 8.58. The third-order valence-electron chi connectivity index (χ3n) is 6.22. The van der Waals surface area contributed by atoms with Crippen molar-refractivity contribution in [3.63, 3.8) is 0 Å². The van der Waals surface area contributed by atoms with E-state index in [1.807, 2.05) is 23.1 Å². The third kappa shape index (κ3) is 6.20. The lowest BCUT2D eigenvalue weighted by Gasteiger charge is -2.35. The molecule has 0 aromatic heterocycles. The molecule has 0 aliphatic carbocycles. The molecule has 3 amide bonds. The van der Waals surface area contributed by atoms with Crippen molar-refractivity contribution in [2.75, 3.05) is 38.1 Å². The van der Waals surface area contributed by atoms with Crippen LogP contribution in [0.5, 0.6) is 0 Å². The predicted molar refractivity (Wildman–Crippen MR) is 126 cm³/mol. The summed E-state index contributed by atoms with van der Waals surface area (Å²) in [5.41, 5.74) is 2.37. The van der Waals surface area contributed by atoms with Crippen molar-refractivity contribution in [3.05, 3.63) is 65.7 Å². The number of carbonyl (C=O) groups excluding carboxylic acids is 3. The lowest BCUT2D eigenvalue weighted by atomic mass is 10.1. The van der Waals surface area contributed by atoms with Gasteiger partial charge in [-0.25, -0.2) is 0 Å². The molecule has 0 radical (unpaired) electrons. The predicted octanol–water partition coefficient (Wildman–Crippen LogP) is 3.11. The molecule has 2 heterocycles. The first-order valence-electron chi connectivity index (χ1n) is 11.7. The number of benzene rings is 2. The Balaban J connectivity index is 1.24. The number of amides is 3. The Bertz CT molecular complexity index is 965. The molecule has 2 aliphatic heterocycles. The summed E-state index contributed by atoms with van der Waals surface area (Å²) in [7, 11) is 0. The maximum absolute atomic E-state index is 13.0. The first kappa shape index (κ1) is 23.0. The highest BCUT2D eigenvalue weighted by molar-refractivity contribution is 5.98. The van der Waals surface area contributed by atoms with Crippen LogP contribution in [0.3, 0.4) is 0 Å². The van der Waals surface area contributed by atoms with E-state index in [0.29, 0.717) is 50.5 Å². The lowest BCUT2D eigenvalue weighted by molar-refractivity contribution is -0.132. The standard InChI is InChI=1S/C26H31N3O4/c30-24(13-4-9-20-7-2-1-3-8-20)28-14-16-29(17-15-28)26(32)21-10-5-11-22(19-21)27-25(31)23-12-6-18-33-23/h1-3,5,7-8,10-11,19,23H,4,6,9,12-18H2,(H,27,31). The van der Waals surface area contributed by atoms with Crippen molar-refractivity contribution >= 4 is 23.4 Å². The topological polar surface area (TPSA) is 79.0 Å². The van der Waals surface area contributed by atoms with Crippen molar-refractivity contribution < 1.29 is 19.1 Å². The molecule has 2 aliphatic rings. The highest BCUT2D eigenvalue weighted by atomic mass is 16.5. The molecule has 0 bridgehead atoms. The van der Waals surface area contributed by atoms with Crippen molar-refractivity contribution in [2.45, 2.75) is 38.2 Å². The van der Waals surface area contributed by atoms with Crippen LogP contribution in [0.1, 0.15) is 41.6 Å². The normalized spacial score (nSPS) is 18.2. The van der Waals surface area contributed by atoms with Crippen molar-refractivity contribution in [3.8, 4) is 0 Å². The smallest absolute Gasteiger partial charge is 0.254 e. The van der Waals surface area contributed by atoms with E-state index < -0.39 is 6.10 Å². The van der Waals surface area contributed by atoms with Gasteiger partial charge in [-0.3, -0.25) is 14.4 Å². The van der Waals surface area contributed by atoms with Crippen LogP contribution in [-0.2, 0) is 20.7 Å². The van der Waals surface area contributed by atoms with E-state index in [1.165, 1.54) is 5.56 Å². The zero-order valence-electron chi connectivity index (χ0n) is 18.9. The van der Waals surface area contributed by atoms with Gasteiger partial charge in [0, 0.05) is 50.5 Å². The SMILES string of the molecule is O=C(Nc1cccc(C(=O)N2CCN(C(=O)CCCc3ccccc3)CC2)c1)C1CCCO1. The van der Waals surface area contributed by atoms with E-state index >= 15 is 0 Å². The number of piperazine rings is 1. The molecule has 2 aromatic rings. The highest BCUT2D eigenvalue weighted by Crippen LogP contribution is 2.18. The molecular formula is C26H31N3O4. The van der Waals surface area contributed by atoms with Crippen LogP contribution in [0, 0.1) is 0 Å². The van der Waals surface area contributed by atoms with Crippen LogP contribution in [0.25, 0.3) is 0 Å². The van der Waals surface area contributed by atoms with Gasteiger partial charge in [0.1, 0.15) is 6.10 Å². The average Bonchev–Trinajstić information content (AvgIpc) is 3.40. The number of aryl methyl sites for hydroxylation is 1. The zero-order chi connectivity index (χ0) is 23.0. The van der Waals surface area contributed by atoms with E-state index in [4.69, 9.17) is 4.74 Å². The number of nitrogens with zero attached hydrogens (tertiary/aromatic N) is 2. The number of hydrogen-bond acceptors (Lipinski definition) is 4. The minimum absolute atomic E-state index is 0.0839. The molecule has 33 heavy (non-hydrogen) atoms. The van der Waals surface area contributed by atoms with Crippen molar-refractivity contribution in [1.29, 1.82) is 0 Å². The van der Waals surface area contributed by atoms with Gasteiger partial charge in [-0.2, -0.15) is 0 Å². The summed E-state index contributed by atoms with van der Waals surface area (Å²) < 4.78 is 5.42. The molecule has 2 saturated heterocycles. The van der Waals surface area contributed by atoms with Gasteiger partial charge in [0.05, 0.1) is 0 Å². The fourth-order valence-electron chi connectivity index (χ4n) is 4.33. The largest absolute Gasteiger partial charge is 0.368 e. The summed E-state index contributed by atoms with van der Waals surface area (Å²) >= 11 is 0. The second kappa shape index (κ2) is 11.1. The Kier molecular flexibility index (Phi) is 7.73. The number of rotatable bonds is 7. The molecule has 4 rings (SSSR count). The molecule has 7 nitrogen and oxygen atoms in total. The molecule has 174 valence electrons. The molecule has 1 unspecified atom stereocenters. The Hall–Kier alpha value is -3.19. The molecule has 7 heteroatoms. The number of nitrogens with one attached hydrogen (secondary N) is 1. The number of anilines is 1. The molecule has 0 spiro atoms. The van der Waals surface area contributed by atoms with Gasteiger partial charge in [0.25, 0.3) is 11.8 Å². The van der Waals surface area contributed by atoms with Crippen LogP contribution in [0.15, 0.2) is 54.6 Å². The molecule has 1 atom stereocenters. The Labute approximate surface area is 194 Å². The van der Waals surface area contributed by atoms with E-state index in [9.17, 15) is 14.4 Å². The average molecular weight is 450 g/mol. The molecule has 0 saturated carbocycles. The molecular weight excluding hydrogens is 418 g/mol. The molecule has 1 N–H and O–H groups in total. The Morgan fingerprint density at radius 3 is 2.42 bits per heavy atom. The minimum atomic E-state index is -0.414. The summed E-state index contributed by atoms with van der Waals surface area (Å²) in [6.07, 6.45) is 3.44. The lowest BCUT2D eigenvalue weighted by Crippen LogP contribution is -2.50. The molecule has 2 fully saturated rings. The Morgan fingerprint density at radius 1 is 0.939 bits per heavy atom. The fourth-order valence-corrected chi connectivity index (χ4v) is 4.33. The first-order valence-corrected chi connectivity index (χ1v) is 11.7. The highest BCUT2D eigenvalue weighted by Gasteiger charge is 2.26. The van der Waals surface area contributed by atoms with Crippen LogP contribution >= 0.6 is 0 Å². The monoisotopic (exact) mass is 449 g/mol. The van der Waals surface area contributed by atoms with Gasteiger partial charge in [0.2, 0.25) is 5.91 Å². The van der Waals surface area contributed by atoms with Crippen molar-refractivity contribution in [1.82, 2.24) is 9.80 Å². The number of ether oxygens (including phenoxy) is 1. The van der Waals surface area contributed by atoms with E-state index in [0.717, 1.165) is 25.7 Å². The van der Waals surface area contributed by atoms with Crippen LogP contribution in [-0.4, -0.2) is 66.4 Å². The van der Waals surface area contributed by atoms with Crippen molar-refractivity contribution in [2.24, 2.45) is 0 Å².